The van der Waals surface area contributed by atoms with E-state index in [1.165, 1.54) is 0 Å². The summed E-state index contributed by atoms with van der Waals surface area (Å²) in [6.45, 7) is 3.91. The van der Waals surface area contributed by atoms with Gasteiger partial charge in [-0.05, 0) is 31.4 Å². The third-order valence-electron chi connectivity index (χ3n) is 2.82. The predicted octanol–water partition coefficient (Wildman–Crippen LogP) is 1.22. The average Bonchev–Trinajstić information content (AvgIpc) is 2.19. The van der Waals surface area contributed by atoms with Crippen LogP contribution in [0.25, 0.3) is 0 Å². The normalized spacial score (nSPS) is 20.8. The van der Waals surface area contributed by atoms with Crippen LogP contribution in [0.4, 0.5) is 0 Å². The summed E-state index contributed by atoms with van der Waals surface area (Å²) in [5.41, 5.74) is 2.87. The Hall–Kier alpha value is -1.71. The molecule has 2 amide bonds. The zero-order chi connectivity index (χ0) is 11.7. The molecule has 1 fully saturated rings. The molecule has 0 saturated carbocycles. The monoisotopic (exact) mass is 218 g/mol. The molecule has 1 saturated heterocycles. The summed E-state index contributed by atoms with van der Waals surface area (Å²) >= 11 is 0. The van der Waals surface area contributed by atoms with Crippen molar-refractivity contribution in [3.05, 3.63) is 29.1 Å². The second-order valence-corrected chi connectivity index (χ2v) is 4.22. The predicted molar refractivity (Wildman–Crippen MR) is 58.8 cm³/mol. The first-order chi connectivity index (χ1) is 7.58. The van der Waals surface area contributed by atoms with E-state index in [-0.39, 0.29) is 17.7 Å². The Kier molecular flexibility index (Phi) is 2.73. The Balaban J connectivity index is 2.30. The van der Waals surface area contributed by atoms with Crippen molar-refractivity contribution in [2.75, 3.05) is 0 Å². The molecule has 1 N–H and O–H groups in total. The van der Waals surface area contributed by atoms with Crippen LogP contribution in [-0.2, 0) is 9.59 Å². The van der Waals surface area contributed by atoms with Gasteiger partial charge in [0.05, 0.1) is 11.6 Å². The van der Waals surface area contributed by atoms with Crippen molar-refractivity contribution < 1.29 is 9.59 Å². The molecular weight excluding hydrogens is 204 g/mol. The first-order valence-corrected chi connectivity index (χ1v) is 5.35. The summed E-state index contributed by atoms with van der Waals surface area (Å²) in [7, 11) is 0. The SMILES string of the molecule is Cc1cnc(C2CCC(=O)NC2=O)c(C)c1. The van der Waals surface area contributed by atoms with Gasteiger partial charge >= 0.3 is 0 Å². The lowest BCUT2D eigenvalue weighted by Gasteiger charge is -2.21. The van der Waals surface area contributed by atoms with Crippen LogP contribution in [-0.4, -0.2) is 16.8 Å². The zero-order valence-corrected chi connectivity index (χ0v) is 9.41. The topological polar surface area (TPSA) is 59.1 Å². The number of imide groups is 1. The Bertz CT molecular complexity index is 454. The number of aryl methyl sites for hydroxylation is 2. The molecule has 1 unspecified atom stereocenters. The van der Waals surface area contributed by atoms with Gasteiger partial charge in [-0.3, -0.25) is 19.9 Å². The number of piperidine rings is 1. The van der Waals surface area contributed by atoms with Crippen LogP contribution in [0.5, 0.6) is 0 Å². The van der Waals surface area contributed by atoms with E-state index in [1.54, 1.807) is 6.20 Å². The maximum Gasteiger partial charge on any atom is 0.235 e. The van der Waals surface area contributed by atoms with E-state index in [2.05, 4.69) is 10.3 Å². The minimum Gasteiger partial charge on any atom is -0.296 e. The van der Waals surface area contributed by atoms with Gasteiger partial charge in [0.2, 0.25) is 11.8 Å². The second kappa shape index (κ2) is 4.04. The molecule has 16 heavy (non-hydrogen) atoms. The molecule has 1 atom stereocenters. The minimum atomic E-state index is -0.279. The van der Waals surface area contributed by atoms with E-state index in [0.717, 1.165) is 16.8 Å². The van der Waals surface area contributed by atoms with Gasteiger partial charge < -0.3 is 0 Å². The number of hydrogen-bond acceptors (Lipinski definition) is 3. The Morgan fingerprint density at radius 3 is 2.75 bits per heavy atom. The molecular formula is C12H14N2O2. The number of nitrogens with zero attached hydrogens (tertiary/aromatic N) is 1. The lowest BCUT2D eigenvalue weighted by atomic mass is 9.91. The fourth-order valence-electron chi connectivity index (χ4n) is 2.05. The number of aromatic nitrogens is 1. The summed E-state index contributed by atoms with van der Waals surface area (Å²) < 4.78 is 0. The first kappa shape index (κ1) is 10.8. The van der Waals surface area contributed by atoms with E-state index in [4.69, 9.17) is 0 Å². The number of rotatable bonds is 1. The largest absolute Gasteiger partial charge is 0.296 e. The number of amides is 2. The maximum absolute atomic E-state index is 11.7. The third kappa shape index (κ3) is 1.96. The standard InChI is InChI=1S/C12H14N2O2/c1-7-5-8(2)11(13-6-7)9-3-4-10(15)14-12(9)16/h5-6,9H,3-4H2,1-2H3,(H,14,15,16). The highest BCUT2D eigenvalue weighted by molar-refractivity contribution is 6.00. The van der Waals surface area contributed by atoms with Crippen molar-refractivity contribution in [1.82, 2.24) is 10.3 Å². The van der Waals surface area contributed by atoms with E-state index >= 15 is 0 Å². The van der Waals surface area contributed by atoms with Crippen molar-refractivity contribution in [1.29, 1.82) is 0 Å². The lowest BCUT2D eigenvalue weighted by molar-refractivity contribution is -0.134. The van der Waals surface area contributed by atoms with E-state index in [0.29, 0.717) is 12.8 Å². The zero-order valence-electron chi connectivity index (χ0n) is 9.41. The summed E-state index contributed by atoms with van der Waals surface area (Å²) in [6.07, 6.45) is 2.71. The Morgan fingerprint density at radius 1 is 1.38 bits per heavy atom. The first-order valence-electron chi connectivity index (χ1n) is 5.35. The fraction of sp³-hybridized carbons (Fsp3) is 0.417. The molecule has 1 aliphatic rings. The molecule has 4 nitrogen and oxygen atoms in total. The second-order valence-electron chi connectivity index (χ2n) is 4.22. The molecule has 1 aromatic rings. The summed E-state index contributed by atoms with van der Waals surface area (Å²) in [4.78, 5) is 27.0. The molecule has 0 spiro atoms. The van der Waals surface area contributed by atoms with Crippen molar-refractivity contribution in [2.24, 2.45) is 0 Å². The summed E-state index contributed by atoms with van der Waals surface area (Å²) in [5, 5.41) is 2.35. The number of carbonyl (C=O) groups is 2. The molecule has 4 heteroatoms. The van der Waals surface area contributed by atoms with E-state index < -0.39 is 0 Å². The highest BCUT2D eigenvalue weighted by atomic mass is 16.2. The van der Waals surface area contributed by atoms with Crippen LogP contribution >= 0.6 is 0 Å². The van der Waals surface area contributed by atoms with Crippen molar-refractivity contribution in [3.8, 4) is 0 Å². The molecule has 0 radical (unpaired) electrons. The number of hydrogen-bond donors (Lipinski definition) is 1. The van der Waals surface area contributed by atoms with Crippen LogP contribution in [0.1, 0.15) is 35.6 Å². The Morgan fingerprint density at radius 2 is 2.12 bits per heavy atom. The van der Waals surface area contributed by atoms with Crippen LogP contribution in [0, 0.1) is 13.8 Å². The van der Waals surface area contributed by atoms with Gasteiger partial charge in [-0.1, -0.05) is 6.07 Å². The van der Waals surface area contributed by atoms with Gasteiger partial charge in [0, 0.05) is 12.6 Å². The van der Waals surface area contributed by atoms with E-state index in [9.17, 15) is 9.59 Å². The quantitative estimate of drug-likeness (QED) is 0.721. The molecule has 84 valence electrons. The molecule has 0 aromatic carbocycles. The van der Waals surface area contributed by atoms with Crippen LogP contribution in [0.15, 0.2) is 12.3 Å². The van der Waals surface area contributed by atoms with Gasteiger partial charge in [0.15, 0.2) is 0 Å². The lowest BCUT2D eigenvalue weighted by Crippen LogP contribution is -2.40. The molecule has 2 rings (SSSR count). The van der Waals surface area contributed by atoms with Crippen LogP contribution in [0.3, 0.4) is 0 Å². The van der Waals surface area contributed by atoms with Gasteiger partial charge in [-0.15, -0.1) is 0 Å². The van der Waals surface area contributed by atoms with Gasteiger partial charge in [0.25, 0.3) is 0 Å². The molecule has 1 aromatic heterocycles. The van der Waals surface area contributed by atoms with Gasteiger partial charge in [-0.25, -0.2) is 0 Å². The Labute approximate surface area is 94.1 Å². The fourth-order valence-corrected chi connectivity index (χ4v) is 2.05. The maximum atomic E-state index is 11.7. The minimum absolute atomic E-state index is 0.189. The summed E-state index contributed by atoms with van der Waals surface area (Å²) in [6, 6.07) is 2.01. The highest BCUT2D eigenvalue weighted by Gasteiger charge is 2.29. The average molecular weight is 218 g/mol. The van der Waals surface area contributed by atoms with E-state index in [1.807, 2.05) is 19.9 Å². The molecule has 0 bridgehead atoms. The van der Waals surface area contributed by atoms with Gasteiger partial charge in [0.1, 0.15) is 0 Å². The number of carbonyl (C=O) groups excluding carboxylic acids is 2. The highest BCUT2D eigenvalue weighted by Crippen LogP contribution is 2.25. The number of nitrogens with one attached hydrogen (secondary N) is 1. The third-order valence-corrected chi connectivity index (χ3v) is 2.82. The van der Waals surface area contributed by atoms with Gasteiger partial charge in [-0.2, -0.15) is 0 Å². The summed E-state index contributed by atoms with van der Waals surface area (Å²) in [5.74, 6) is -0.694. The van der Waals surface area contributed by atoms with Crippen molar-refractivity contribution >= 4 is 11.8 Å². The van der Waals surface area contributed by atoms with Crippen molar-refractivity contribution in [3.63, 3.8) is 0 Å². The van der Waals surface area contributed by atoms with Crippen molar-refractivity contribution in [2.45, 2.75) is 32.6 Å². The number of pyridine rings is 1. The molecule has 2 heterocycles. The van der Waals surface area contributed by atoms with Crippen LogP contribution < -0.4 is 5.32 Å². The molecule has 1 aliphatic heterocycles. The van der Waals surface area contributed by atoms with Crippen LogP contribution in [0.2, 0.25) is 0 Å². The smallest absolute Gasteiger partial charge is 0.235 e. The molecule has 0 aliphatic carbocycles.